The van der Waals surface area contributed by atoms with Gasteiger partial charge in [0.05, 0.1) is 5.25 Å². The van der Waals surface area contributed by atoms with Crippen LogP contribution in [-0.4, -0.2) is 28.5 Å². The van der Waals surface area contributed by atoms with E-state index in [9.17, 15) is 9.59 Å². The third kappa shape index (κ3) is 2.15. The maximum Gasteiger partial charge on any atom is 0.242 e. The van der Waals surface area contributed by atoms with Crippen LogP contribution in [0.25, 0.3) is 0 Å². The molecule has 0 N–H and O–H groups in total. The normalized spacial score (nSPS) is 25.9. The van der Waals surface area contributed by atoms with E-state index in [1.165, 1.54) is 4.90 Å². The first kappa shape index (κ1) is 10.5. The van der Waals surface area contributed by atoms with Gasteiger partial charge in [-0.3, -0.25) is 14.5 Å². The Hall–Kier alpha value is -1.03. The molecule has 2 aliphatic rings. The summed E-state index contributed by atoms with van der Waals surface area (Å²) in [4.78, 5) is 24.3. The van der Waals surface area contributed by atoms with Crippen molar-refractivity contribution in [3.8, 4) is 0 Å². The number of allylic oxidation sites excluding steroid dienone is 4. The summed E-state index contributed by atoms with van der Waals surface area (Å²) in [5.74, 6) is 0.129. The first-order valence-corrected chi connectivity index (χ1v) is 5.57. The molecule has 3 nitrogen and oxygen atoms in total. The molecular weight excluding hydrogens is 210 g/mol. The fourth-order valence-electron chi connectivity index (χ4n) is 1.85. The summed E-state index contributed by atoms with van der Waals surface area (Å²) in [7, 11) is 0. The molecule has 0 unspecified atom stereocenters. The lowest BCUT2D eigenvalue weighted by atomic mass is 10.1. The van der Waals surface area contributed by atoms with Crippen molar-refractivity contribution in [1.29, 1.82) is 0 Å². The molecule has 1 saturated heterocycles. The van der Waals surface area contributed by atoms with Crippen molar-refractivity contribution in [2.24, 2.45) is 5.92 Å². The number of hydrogen-bond acceptors (Lipinski definition) is 3. The molecule has 1 atom stereocenters. The Labute approximate surface area is 94.2 Å². The van der Waals surface area contributed by atoms with Crippen molar-refractivity contribution in [3.05, 3.63) is 24.3 Å². The van der Waals surface area contributed by atoms with Crippen molar-refractivity contribution >= 4 is 24.4 Å². The van der Waals surface area contributed by atoms with Gasteiger partial charge >= 0.3 is 0 Å². The second kappa shape index (κ2) is 4.23. The quantitative estimate of drug-likeness (QED) is 0.576. The van der Waals surface area contributed by atoms with Gasteiger partial charge in [0, 0.05) is 13.0 Å². The number of rotatable bonds is 3. The zero-order valence-electron chi connectivity index (χ0n) is 8.30. The molecule has 1 fully saturated rings. The van der Waals surface area contributed by atoms with E-state index in [1.54, 1.807) is 0 Å². The minimum Gasteiger partial charge on any atom is -0.282 e. The van der Waals surface area contributed by atoms with Crippen LogP contribution < -0.4 is 0 Å². The number of carbonyl (C=O) groups excluding carboxylic acids is 2. The average Bonchev–Trinajstić information content (AvgIpc) is 2.76. The van der Waals surface area contributed by atoms with Crippen molar-refractivity contribution < 1.29 is 9.59 Å². The Balaban J connectivity index is 1.89. The second-order valence-corrected chi connectivity index (χ2v) is 4.45. The van der Waals surface area contributed by atoms with E-state index in [-0.39, 0.29) is 18.2 Å². The van der Waals surface area contributed by atoms with Gasteiger partial charge in [0.15, 0.2) is 0 Å². The van der Waals surface area contributed by atoms with Crippen LogP contribution >= 0.6 is 12.6 Å². The van der Waals surface area contributed by atoms with E-state index < -0.39 is 5.25 Å². The molecule has 1 aliphatic carbocycles. The van der Waals surface area contributed by atoms with Gasteiger partial charge in [0.2, 0.25) is 11.8 Å². The van der Waals surface area contributed by atoms with Gasteiger partial charge in [-0.2, -0.15) is 12.6 Å². The van der Waals surface area contributed by atoms with Crippen molar-refractivity contribution in [3.63, 3.8) is 0 Å². The molecule has 80 valence electrons. The highest BCUT2D eigenvalue weighted by Crippen LogP contribution is 2.20. The Bertz CT molecular complexity index is 336. The van der Waals surface area contributed by atoms with Crippen molar-refractivity contribution in [2.45, 2.75) is 18.1 Å². The number of hydrogen-bond donors (Lipinski definition) is 1. The van der Waals surface area contributed by atoms with Gasteiger partial charge in [-0.05, 0) is 12.3 Å². The van der Waals surface area contributed by atoms with E-state index in [0.717, 1.165) is 6.42 Å². The Morgan fingerprint density at radius 3 is 2.53 bits per heavy atom. The summed E-state index contributed by atoms with van der Waals surface area (Å²) >= 11 is 4.07. The molecule has 0 spiro atoms. The Morgan fingerprint density at radius 2 is 2.00 bits per heavy atom. The van der Waals surface area contributed by atoms with E-state index in [0.29, 0.717) is 12.5 Å². The van der Waals surface area contributed by atoms with E-state index >= 15 is 0 Å². The standard InChI is InChI=1S/C11H13NO2S/c13-10-7-9(15)11(14)12(10)6-5-8-3-1-2-4-8/h1-4,8-9,15H,5-7H2/t9-/m0/s1. The molecule has 1 aliphatic heterocycles. The Morgan fingerprint density at radius 1 is 1.33 bits per heavy atom. The Kier molecular flexibility index (Phi) is 2.95. The topological polar surface area (TPSA) is 37.4 Å². The van der Waals surface area contributed by atoms with Crippen LogP contribution in [0, 0.1) is 5.92 Å². The molecule has 0 aromatic rings. The molecule has 2 rings (SSSR count). The van der Waals surface area contributed by atoms with Crippen molar-refractivity contribution in [1.82, 2.24) is 4.90 Å². The lowest BCUT2D eigenvalue weighted by molar-refractivity contribution is -0.138. The smallest absolute Gasteiger partial charge is 0.242 e. The number of thiol groups is 1. The summed E-state index contributed by atoms with van der Waals surface area (Å²) in [5, 5.41) is -0.424. The van der Waals surface area contributed by atoms with Crippen molar-refractivity contribution in [2.75, 3.05) is 6.54 Å². The first-order valence-electron chi connectivity index (χ1n) is 5.06. The monoisotopic (exact) mass is 223 g/mol. The lowest BCUT2D eigenvalue weighted by Crippen LogP contribution is -2.32. The highest BCUT2D eigenvalue weighted by atomic mass is 32.1. The van der Waals surface area contributed by atoms with Crippen LogP contribution in [0.5, 0.6) is 0 Å². The molecule has 0 saturated carbocycles. The second-order valence-electron chi connectivity index (χ2n) is 3.83. The predicted octanol–water partition coefficient (Wildman–Crippen LogP) is 1.18. The van der Waals surface area contributed by atoms with E-state index in [1.807, 2.05) is 12.2 Å². The number of carbonyl (C=O) groups is 2. The van der Waals surface area contributed by atoms with Gasteiger partial charge < -0.3 is 0 Å². The molecule has 0 radical (unpaired) electrons. The van der Waals surface area contributed by atoms with Crippen LogP contribution in [0.15, 0.2) is 24.3 Å². The molecular formula is C11H13NO2S. The minimum absolute atomic E-state index is 0.0917. The summed E-state index contributed by atoms with van der Waals surface area (Å²) in [6.07, 6.45) is 9.18. The number of amides is 2. The van der Waals surface area contributed by atoms with Crippen LogP contribution in [-0.2, 0) is 9.59 Å². The highest BCUT2D eigenvalue weighted by molar-refractivity contribution is 7.81. The summed E-state index contributed by atoms with van der Waals surface area (Å²) in [5.41, 5.74) is 0. The zero-order valence-corrected chi connectivity index (χ0v) is 9.19. The lowest BCUT2D eigenvalue weighted by Gasteiger charge is -2.15. The average molecular weight is 223 g/mol. The molecule has 4 heteroatoms. The number of likely N-dealkylation sites (tertiary alicyclic amines) is 1. The van der Waals surface area contributed by atoms with Gasteiger partial charge in [0.25, 0.3) is 0 Å². The molecule has 0 bridgehead atoms. The predicted molar refractivity (Wildman–Crippen MR) is 60.5 cm³/mol. The fraction of sp³-hybridized carbons (Fsp3) is 0.455. The summed E-state index contributed by atoms with van der Waals surface area (Å²) in [6, 6.07) is 0. The highest BCUT2D eigenvalue weighted by Gasteiger charge is 2.35. The van der Waals surface area contributed by atoms with Gasteiger partial charge in [-0.1, -0.05) is 24.3 Å². The van der Waals surface area contributed by atoms with Crippen LogP contribution in [0.3, 0.4) is 0 Å². The number of imide groups is 1. The van der Waals surface area contributed by atoms with Gasteiger partial charge in [0.1, 0.15) is 0 Å². The third-order valence-electron chi connectivity index (χ3n) is 2.73. The number of nitrogens with zero attached hydrogens (tertiary/aromatic N) is 1. The van der Waals surface area contributed by atoms with Crippen LogP contribution in [0.4, 0.5) is 0 Å². The SMILES string of the molecule is O=C1C[C@H](S)C(=O)N1CCC1C=CC=C1. The first-order chi connectivity index (χ1) is 7.18. The summed E-state index contributed by atoms with van der Waals surface area (Å²) in [6.45, 7) is 0.508. The maximum absolute atomic E-state index is 11.5. The minimum atomic E-state index is -0.424. The largest absolute Gasteiger partial charge is 0.282 e. The van der Waals surface area contributed by atoms with E-state index in [2.05, 4.69) is 24.8 Å². The molecule has 15 heavy (non-hydrogen) atoms. The van der Waals surface area contributed by atoms with Crippen LogP contribution in [0.1, 0.15) is 12.8 Å². The summed E-state index contributed by atoms with van der Waals surface area (Å²) < 4.78 is 0. The van der Waals surface area contributed by atoms with Gasteiger partial charge in [-0.15, -0.1) is 0 Å². The van der Waals surface area contributed by atoms with Crippen LogP contribution in [0.2, 0.25) is 0 Å². The third-order valence-corrected chi connectivity index (χ3v) is 3.14. The van der Waals surface area contributed by atoms with Gasteiger partial charge in [-0.25, -0.2) is 0 Å². The molecule has 2 amide bonds. The molecule has 0 aromatic carbocycles. The zero-order chi connectivity index (χ0) is 10.8. The van der Waals surface area contributed by atoms with E-state index in [4.69, 9.17) is 0 Å². The maximum atomic E-state index is 11.5. The molecule has 0 aromatic heterocycles. The molecule has 1 heterocycles. The fourth-order valence-corrected chi connectivity index (χ4v) is 2.14.